The van der Waals surface area contributed by atoms with Gasteiger partial charge in [0.2, 0.25) is 0 Å². The van der Waals surface area contributed by atoms with Gasteiger partial charge in [-0.3, -0.25) is 9.59 Å². The molecule has 0 bridgehead atoms. The molecule has 2 N–H and O–H groups in total. The minimum absolute atomic E-state index is 0.246. The zero-order valence-corrected chi connectivity index (χ0v) is 16.9. The van der Waals surface area contributed by atoms with Crippen LogP contribution in [0, 0.1) is 0 Å². The maximum absolute atomic E-state index is 12.8. The molecule has 7 nitrogen and oxygen atoms in total. The Morgan fingerprint density at radius 3 is 1.60 bits per heavy atom. The van der Waals surface area contributed by atoms with Gasteiger partial charge in [0, 0.05) is 16.9 Å². The molecular formula is C23H22N2O5. The molecule has 154 valence electrons. The van der Waals surface area contributed by atoms with E-state index in [9.17, 15) is 9.59 Å². The van der Waals surface area contributed by atoms with Crippen LogP contribution >= 0.6 is 0 Å². The summed E-state index contributed by atoms with van der Waals surface area (Å²) in [7, 11) is 4.61. The van der Waals surface area contributed by atoms with Crippen molar-refractivity contribution < 1.29 is 23.8 Å². The second-order valence-electron chi connectivity index (χ2n) is 6.28. The van der Waals surface area contributed by atoms with Gasteiger partial charge in [-0.25, -0.2) is 0 Å². The Morgan fingerprint density at radius 2 is 1.13 bits per heavy atom. The second-order valence-corrected chi connectivity index (χ2v) is 6.28. The minimum Gasteiger partial charge on any atom is -0.497 e. The second kappa shape index (κ2) is 9.47. The summed E-state index contributed by atoms with van der Waals surface area (Å²) in [6.07, 6.45) is 0. The number of ether oxygens (including phenoxy) is 3. The zero-order chi connectivity index (χ0) is 21.5. The van der Waals surface area contributed by atoms with Gasteiger partial charge < -0.3 is 24.8 Å². The van der Waals surface area contributed by atoms with E-state index < -0.39 is 5.91 Å². The summed E-state index contributed by atoms with van der Waals surface area (Å²) in [6.45, 7) is 0. The number of amides is 2. The summed E-state index contributed by atoms with van der Waals surface area (Å²) in [5, 5.41) is 5.59. The molecule has 0 spiro atoms. The molecule has 0 saturated heterocycles. The molecule has 0 aliphatic heterocycles. The third kappa shape index (κ3) is 4.88. The zero-order valence-electron chi connectivity index (χ0n) is 16.9. The quantitative estimate of drug-likeness (QED) is 0.614. The first-order chi connectivity index (χ1) is 14.5. The Bertz CT molecular complexity index is 1030. The van der Waals surface area contributed by atoms with Crippen molar-refractivity contribution in [1.82, 2.24) is 0 Å². The fourth-order valence-electron chi connectivity index (χ4n) is 2.78. The van der Waals surface area contributed by atoms with E-state index in [1.807, 2.05) is 0 Å². The van der Waals surface area contributed by atoms with Crippen molar-refractivity contribution in [3.8, 4) is 17.2 Å². The first-order valence-corrected chi connectivity index (χ1v) is 9.13. The largest absolute Gasteiger partial charge is 0.497 e. The van der Waals surface area contributed by atoms with Crippen molar-refractivity contribution in [2.24, 2.45) is 0 Å². The summed E-state index contributed by atoms with van der Waals surface area (Å²) in [6, 6.07) is 18.6. The van der Waals surface area contributed by atoms with Gasteiger partial charge in [-0.1, -0.05) is 0 Å². The molecule has 0 aromatic heterocycles. The van der Waals surface area contributed by atoms with Crippen LogP contribution in [-0.2, 0) is 0 Å². The molecule has 3 rings (SSSR count). The number of carbonyl (C=O) groups excluding carboxylic acids is 2. The topological polar surface area (TPSA) is 85.9 Å². The highest BCUT2D eigenvalue weighted by molar-refractivity contribution is 6.10. The molecule has 7 heteroatoms. The molecule has 30 heavy (non-hydrogen) atoms. The molecular weight excluding hydrogens is 384 g/mol. The van der Waals surface area contributed by atoms with Gasteiger partial charge in [-0.2, -0.15) is 0 Å². The molecule has 0 saturated carbocycles. The van der Waals surface area contributed by atoms with Gasteiger partial charge in [0.05, 0.1) is 26.9 Å². The highest BCUT2D eigenvalue weighted by Crippen LogP contribution is 2.23. The van der Waals surface area contributed by atoms with Crippen molar-refractivity contribution in [3.63, 3.8) is 0 Å². The van der Waals surface area contributed by atoms with Gasteiger partial charge in [-0.05, 0) is 66.7 Å². The average Bonchev–Trinajstić information content (AvgIpc) is 2.79. The molecule has 0 heterocycles. The Hall–Kier alpha value is -4.00. The Balaban J connectivity index is 1.79. The normalized spacial score (nSPS) is 10.1. The lowest BCUT2D eigenvalue weighted by Crippen LogP contribution is -2.16. The van der Waals surface area contributed by atoms with E-state index in [1.165, 1.54) is 13.2 Å². The van der Waals surface area contributed by atoms with Crippen LogP contribution < -0.4 is 24.8 Å². The molecule has 0 aliphatic rings. The number of rotatable bonds is 7. The van der Waals surface area contributed by atoms with Crippen molar-refractivity contribution in [2.75, 3.05) is 32.0 Å². The van der Waals surface area contributed by atoms with E-state index in [-0.39, 0.29) is 11.5 Å². The lowest BCUT2D eigenvalue weighted by atomic mass is 10.1. The van der Waals surface area contributed by atoms with Crippen LogP contribution in [0.4, 0.5) is 11.4 Å². The Kier molecular flexibility index (Phi) is 6.54. The van der Waals surface area contributed by atoms with Crippen LogP contribution in [0.1, 0.15) is 20.7 Å². The highest BCUT2D eigenvalue weighted by Gasteiger charge is 2.16. The van der Waals surface area contributed by atoms with E-state index >= 15 is 0 Å². The summed E-state index contributed by atoms with van der Waals surface area (Å²) < 4.78 is 15.5. The predicted octanol–water partition coefficient (Wildman–Crippen LogP) is 4.22. The maximum Gasteiger partial charge on any atom is 0.259 e. The van der Waals surface area contributed by atoms with Crippen molar-refractivity contribution in [1.29, 1.82) is 0 Å². The summed E-state index contributed by atoms with van der Waals surface area (Å²) >= 11 is 0. The predicted molar refractivity (Wildman–Crippen MR) is 115 cm³/mol. The molecule has 0 radical (unpaired) electrons. The minimum atomic E-state index is -0.392. The molecule has 3 aromatic rings. The van der Waals surface area contributed by atoms with E-state index in [0.29, 0.717) is 34.2 Å². The maximum atomic E-state index is 12.8. The van der Waals surface area contributed by atoms with E-state index in [0.717, 1.165) is 0 Å². The number of benzene rings is 3. The average molecular weight is 406 g/mol. The van der Waals surface area contributed by atoms with Gasteiger partial charge in [0.25, 0.3) is 11.8 Å². The summed E-state index contributed by atoms with van der Waals surface area (Å²) in [5.74, 6) is 0.997. The number of carbonyl (C=O) groups is 2. The third-order valence-corrected chi connectivity index (χ3v) is 4.40. The van der Waals surface area contributed by atoms with Gasteiger partial charge >= 0.3 is 0 Å². The highest BCUT2D eigenvalue weighted by atomic mass is 16.5. The Morgan fingerprint density at radius 1 is 0.633 bits per heavy atom. The van der Waals surface area contributed by atoms with Crippen LogP contribution in [0.2, 0.25) is 0 Å². The Labute approximate surface area is 174 Å². The lowest BCUT2D eigenvalue weighted by molar-refractivity contribution is 0.102. The lowest BCUT2D eigenvalue weighted by Gasteiger charge is -2.12. The summed E-state index contributed by atoms with van der Waals surface area (Å²) in [4.78, 5) is 25.4. The van der Waals surface area contributed by atoms with Crippen LogP contribution in [0.5, 0.6) is 17.2 Å². The number of hydrogen-bond donors (Lipinski definition) is 2. The molecule has 0 fully saturated rings. The molecule has 3 aromatic carbocycles. The monoisotopic (exact) mass is 406 g/mol. The fraction of sp³-hybridized carbons (Fsp3) is 0.130. The van der Waals surface area contributed by atoms with Gasteiger partial charge in [0.1, 0.15) is 17.2 Å². The standard InChI is InChI=1S/C23H22N2O5/c1-28-18-9-5-16(6-10-18)24-22(26)15-4-13-21(30-3)20(14-15)23(27)25-17-7-11-19(29-2)12-8-17/h4-14H,1-3H3,(H,24,26)(H,25,27). The van der Waals surface area contributed by atoms with Crippen LogP contribution in [0.15, 0.2) is 66.7 Å². The number of nitrogens with one attached hydrogen (secondary N) is 2. The summed E-state index contributed by atoms with van der Waals surface area (Å²) in [5.41, 5.74) is 1.78. The van der Waals surface area contributed by atoms with Crippen molar-refractivity contribution in [3.05, 3.63) is 77.9 Å². The van der Waals surface area contributed by atoms with Crippen molar-refractivity contribution >= 4 is 23.2 Å². The molecule has 0 atom stereocenters. The molecule has 2 amide bonds. The van der Waals surface area contributed by atoms with E-state index in [4.69, 9.17) is 14.2 Å². The van der Waals surface area contributed by atoms with E-state index in [1.54, 1.807) is 74.9 Å². The van der Waals surface area contributed by atoms with E-state index in [2.05, 4.69) is 10.6 Å². The van der Waals surface area contributed by atoms with Crippen LogP contribution in [0.25, 0.3) is 0 Å². The molecule has 0 aliphatic carbocycles. The fourth-order valence-corrected chi connectivity index (χ4v) is 2.78. The van der Waals surface area contributed by atoms with Crippen molar-refractivity contribution in [2.45, 2.75) is 0 Å². The third-order valence-electron chi connectivity index (χ3n) is 4.40. The van der Waals surface area contributed by atoms with Gasteiger partial charge in [0.15, 0.2) is 0 Å². The number of methoxy groups -OCH3 is 3. The number of anilines is 2. The van der Waals surface area contributed by atoms with Gasteiger partial charge in [-0.15, -0.1) is 0 Å². The molecule has 0 unspecified atom stereocenters. The van der Waals surface area contributed by atoms with Crippen LogP contribution in [0.3, 0.4) is 0 Å². The first-order valence-electron chi connectivity index (χ1n) is 9.13. The smallest absolute Gasteiger partial charge is 0.259 e. The first kappa shape index (κ1) is 20.7. The van der Waals surface area contributed by atoms with Crippen LogP contribution in [-0.4, -0.2) is 33.1 Å². The number of hydrogen-bond acceptors (Lipinski definition) is 5. The SMILES string of the molecule is COc1ccc(NC(=O)c2ccc(OC)c(C(=O)Nc3ccc(OC)cc3)c2)cc1.